The molecule has 1 saturated heterocycles. The van der Waals surface area contributed by atoms with Crippen molar-refractivity contribution in [3.8, 4) is 0 Å². The third-order valence-electron chi connectivity index (χ3n) is 4.92. The van der Waals surface area contributed by atoms with Crippen molar-refractivity contribution in [3.05, 3.63) is 35.2 Å². The van der Waals surface area contributed by atoms with Crippen LogP contribution in [0, 0.1) is 0 Å². The van der Waals surface area contributed by atoms with Crippen molar-refractivity contribution in [2.75, 3.05) is 13.2 Å². The maximum Gasteiger partial charge on any atom is 0.355 e. The van der Waals surface area contributed by atoms with Crippen LogP contribution in [-0.2, 0) is 14.2 Å². The summed E-state index contributed by atoms with van der Waals surface area (Å²) in [5, 5.41) is 0. The standard InChI is InChI=1S/C17H21NO4/c1-4-20-15(19)14-13-10-5-6-12(11(13)8-18-14)17(7-10)9-21-16(2,3)22-17/h5-6,8,10,12,18H,4,7,9H2,1-3H3. The number of rotatable bonds is 2. The maximum atomic E-state index is 12.1. The normalized spacial score (nSPS) is 34.1. The third-order valence-corrected chi connectivity index (χ3v) is 4.92. The van der Waals surface area contributed by atoms with Crippen LogP contribution in [0.5, 0.6) is 0 Å². The lowest BCUT2D eigenvalue weighted by Gasteiger charge is -2.45. The molecule has 1 fully saturated rings. The van der Waals surface area contributed by atoms with Gasteiger partial charge in [0.2, 0.25) is 0 Å². The number of H-pyrrole nitrogens is 1. The summed E-state index contributed by atoms with van der Waals surface area (Å²) in [5.41, 5.74) is 2.49. The topological polar surface area (TPSA) is 60.6 Å². The molecule has 1 aromatic rings. The summed E-state index contributed by atoms with van der Waals surface area (Å²) in [6.07, 6.45) is 7.15. The molecule has 0 saturated carbocycles. The van der Waals surface area contributed by atoms with Gasteiger partial charge < -0.3 is 19.2 Å². The predicted octanol–water partition coefficient (Wildman–Crippen LogP) is 2.85. The number of hydrogen-bond donors (Lipinski definition) is 1. The number of carbonyl (C=O) groups is 1. The van der Waals surface area contributed by atoms with Gasteiger partial charge in [-0.1, -0.05) is 12.2 Å². The molecule has 0 amide bonds. The molecule has 5 rings (SSSR count). The van der Waals surface area contributed by atoms with Gasteiger partial charge in [0.15, 0.2) is 5.79 Å². The molecular formula is C17H21NO4. The van der Waals surface area contributed by atoms with Crippen molar-refractivity contribution in [2.24, 2.45) is 0 Å². The molecule has 5 nitrogen and oxygen atoms in total. The van der Waals surface area contributed by atoms with Crippen molar-refractivity contribution < 1.29 is 19.0 Å². The van der Waals surface area contributed by atoms with Crippen molar-refractivity contribution in [1.82, 2.24) is 4.98 Å². The van der Waals surface area contributed by atoms with E-state index >= 15 is 0 Å². The molecule has 0 radical (unpaired) electrons. The molecule has 1 spiro atoms. The second kappa shape index (κ2) is 4.46. The number of nitrogens with one attached hydrogen (secondary N) is 1. The summed E-state index contributed by atoms with van der Waals surface area (Å²) in [7, 11) is 0. The van der Waals surface area contributed by atoms with Gasteiger partial charge in [-0.05, 0) is 38.3 Å². The Morgan fingerprint density at radius 2 is 2.27 bits per heavy atom. The Morgan fingerprint density at radius 1 is 1.45 bits per heavy atom. The van der Waals surface area contributed by atoms with Crippen LogP contribution >= 0.6 is 0 Å². The molecule has 2 heterocycles. The van der Waals surface area contributed by atoms with Gasteiger partial charge in [-0.25, -0.2) is 4.79 Å². The summed E-state index contributed by atoms with van der Waals surface area (Å²) in [6.45, 7) is 6.70. The lowest BCUT2D eigenvalue weighted by Crippen LogP contribution is -2.46. The van der Waals surface area contributed by atoms with E-state index in [4.69, 9.17) is 14.2 Å². The lowest BCUT2D eigenvalue weighted by molar-refractivity contribution is -0.168. The first kappa shape index (κ1) is 14.0. The zero-order valence-corrected chi connectivity index (χ0v) is 13.1. The Morgan fingerprint density at radius 3 is 2.95 bits per heavy atom. The van der Waals surface area contributed by atoms with Crippen LogP contribution in [0.3, 0.4) is 0 Å². The first-order valence-corrected chi connectivity index (χ1v) is 7.86. The van der Waals surface area contributed by atoms with Gasteiger partial charge >= 0.3 is 5.97 Å². The van der Waals surface area contributed by atoms with E-state index < -0.39 is 5.79 Å². The Balaban J connectivity index is 1.74. The Bertz CT molecular complexity index is 660. The van der Waals surface area contributed by atoms with Gasteiger partial charge in [0.1, 0.15) is 11.3 Å². The van der Waals surface area contributed by atoms with Gasteiger partial charge in [-0.3, -0.25) is 0 Å². The second-order valence-corrected chi connectivity index (χ2v) is 6.78. The molecule has 1 aliphatic heterocycles. The van der Waals surface area contributed by atoms with Crippen molar-refractivity contribution >= 4 is 5.97 Å². The number of aromatic amines is 1. The molecule has 5 heteroatoms. The lowest BCUT2D eigenvalue weighted by atomic mass is 9.64. The minimum atomic E-state index is -0.550. The summed E-state index contributed by atoms with van der Waals surface area (Å²) in [6, 6.07) is 0. The number of ether oxygens (including phenoxy) is 3. The number of esters is 1. The Kier molecular flexibility index (Phi) is 2.84. The maximum absolute atomic E-state index is 12.1. The van der Waals surface area contributed by atoms with E-state index in [1.54, 1.807) is 0 Å². The average Bonchev–Trinajstić information content (AvgIpc) is 3.03. The van der Waals surface area contributed by atoms with Crippen LogP contribution in [0.15, 0.2) is 18.3 Å². The van der Waals surface area contributed by atoms with Crippen LogP contribution in [0.1, 0.15) is 60.6 Å². The summed E-state index contributed by atoms with van der Waals surface area (Å²) in [4.78, 5) is 15.3. The molecule has 3 unspecified atom stereocenters. The molecular weight excluding hydrogens is 282 g/mol. The monoisotopic (exact) mass is 303 g/mol. The van der Waals surface area contributed by atoms with E-state index in [9.17, 15) is 4.79 Å². The average molecular weight is 303 g/mol. The minimum absolute atomic E-state index is 0.119. The molecule has 1 N–H and O–H groups in total. The highest BCUT2D eigenvalue weighted by Gasteiger charge is 2.56. The van der Waals surface area contributed by atoms with E-state index in [1.165, 1.54) is 0 Å². The number of hydrogen-bond acceptors (Lipinski definition) is 4. The van der Waals surface area contributed by atoms with Crippen LogP contribution in [0.2, 0.25) is 0 Å². The summed E-state index contributed by atoms with van der Waals surface area (Å²) >= 11 is 0. The number of carbonyl (C=O) groups excluding carboxylic acids is 1. The molecule has 3 aliphatic carbocycles. The first-order chi connectivity index (χ1) is 10.5. The van der Waals surface area contributed by atoms with Gasteiger partial charge in [0, 0.05) is 18.0 Å². The number of allylic oxidation sites excluding steroid dienone is 1. The molecule has 1 aromatic heterocycles. The predicted molar refractivity (Wildman–Crippen MR) is 79.8 cm³/mol. The summed E-state index contributed by atoms with van der Waals surface area (Å²) in [5.74, 6) is -0.536. The fourth-order valence-corrected chi connectivity index (χ4v) is 4.15. The van der Waals surface area contributed by atoms with Crippen LogP contribution in [0.25, 0.3) is 0 Å². The van der Waals surface area contributed by atoms with E-state index in [1.807, 2.05) is 27.0 Å². The van der Waals surface area contributed by atoms with Crippen LogP contribution in [-0.4, -0.2) is 35.6 Å². The highest BCUT2D eigenvalue weighted by molar-refractivity contribution is 5.90. The minimum Gasteiger partial charge on any atom is -0.461 e. The SMILES string of the molecule is CCOC(=O)c1[nH]cc2c1C1C=CC2C2(COC(C)(C)O2)C1. The van der Waals surface area contributed by atoms with Gasteiger partial charge in [0.05, 0.1) is 13.2 Å². The van der Waals surface area contributed by atoms with Gasteiger partial charge in [-0.15, -0.1) is 0 Å². The van der Waals surface area contributed by atoms with Crippen molar-refractivity contribution in [2.45, 2.75) is 50.4 Å². The summed E-state index contributed by atoms with van der Waals surface area (Å²) < 4.78 is 17.3. The molecule has 22 heavy (non-hydrogen) atoms. The van der Waals surface area contributed by atoms with Crippen LogP contribution < -0.4 is 0 Å². The van der Waals surface area contributed by atoms with E-state index in [2.05, 4.69) is 17.1 Å². The largest absolute Gasteiger partial charge is 0.461 e. The van der Waals surface area contributed by atoms with E-state index in [0.717, 1.165) is 17.5 Å². The Hall–Kier alpha value is -1.59. The molecule has 0 aromatic carbocycles. The number of aromatic nitrogens is 1. The first-order valence-electron chi connectivity index (χ1n) is 7.86. The molecule has 3 atom stereocenters. The molecule has 2 bridgehead atoms. The smallest absolute Gasteiger partial charge is 0.355 e. The highest BCUT2D eigenvalue weighted by Crippen LogP contribution is 2.56. The van der Waals surface area contributed by atoms with Gasteiger partial charge in [0.25, 0.3) is 0 Å². The Labute approximate surface area is 129 Å². The highest BCUT2D eigenvalue weighted by atomic mass is 16.8. The van der Waals surface area contributed by atoms with Gasteiger partial charge in [-0.2, -0.15) is 0 Å². The zero-order chi connectivity index (χ0) is 15.5. The fraction of sp³-hybridized carbons (Fsp3) is 0.588. The van der Waals surface area contributed by atoms with E-state index in [0.29, 0.717) is 18.9 Å². The molecule has 4 aliphatic rings. The fourth-order valence-electron chi connectivity index (χ4n) is 4.15. The quantitative estimate of drug-likeness (QED) is 0.674. The zero-order valence-electron chi connectivity index (χ0n) is 13.1. The van der Waals surface area contributed by atoms with Crippen molar-refractivity contribution in [1.29, 1.82) is 0 Å². The second-order valence-electron chi connectivity index (χ2n) is 6.78. The van der Waals surface area contributed by atoms with Crippen LogP contribution in [0.4, 0.5) is 0 Å². The van der Waals surface area contributed by atoms with Crippen molar-refractivity contribution in [3.63, 3.8) is 0 Å². The molecule has 118 valence electrons. The van der Waals surface area contributed by atoms with E-state index in [-0.39, 0.29) is 23.4 Å². The third kappa shape index (κ3) is 1.82.